The predicted octanol–water partition coefficient (Wildman–Crippen LogP) is 1.62. The number of hydrazine groups is 1. The third-order valence-corrected chi connectivity index (χ3v) is 5.37. The van der Waals surface area contributed by atoms with Crippen molar-refractivity contribution in [2.45, 2.75) is 19.4 Å². The Morgan fingerprint density at radius 2 is 1.68 bits per heavy atom. The van der Waals surface area contributed by atoms with Gasteiger partial charge >= 0.3 is 5.97 Å². The topological polar surface area (TPSA) is 123 Å². The van der Waals surface area contributed by atoms with Gasteiger partial charge < -0.3 is 19.5 Å². The summed E-state index contributed by atoms with van der Waals surface area (Å²) in [7, 11) is 2.82. The number of hydrogen-bond acceptors (Lipinski definition) is 7. The molecule has 1 fully saturated rings. The fraction of sp³-hybridized carbons (Fsp3) is 0.333. The highest BCUT2D eigenvalue weighted by molar-refractivity contribution is 6.01. The predicted molar refractivity (Wildman–Crippen MR) is 121 cm³/mol. The molecule has 180 valence electrons. The molecular weight excluding hydrogens is 442 g/mol. The second kappa shape index (κ2) is 11.2. The van der Waals surface area contributed by atoms with Crippen molar-refractivity contribution in [3.05, 3.63) is 59.7 Å². The summed E-state index contributed by atoms with van der Waals surface area (Å²) in [6.45, 7) is 1.27. The molecule has 2 N–H and O–H groups in total. The molecule has 10 heteroatoms. The van der Waals surface area contributed by atoms with E-state index in [2.05, 4.69) is 10.7 Å². The van der Waals surface area contributed by atoms with Crippen LogP contribution in [0.5, 0.6) is 11.5 Å². The van der Waals surface area contributed by atoms with E-state index in [-0.39, 0.29) is 36.1 Å². The zero-order valence-corrected chi connectivity index (χ0v) is 19.2. The van der Waals surface area contributed by atoms with E-state index in [1.807, 2.05) is 37.3 Å². The number of nitrogens with zero attached hydrogens (tertiary/aromatic N) is 1. The van der Waals surface area contributed by atoms with Gasteiger partial charge in [0.1, 0.15) is 17.1 Å². The van der Waals surface area contributed by atoms with Gasteiger partial charge in [-0.25, -0.2) is 0 Å². The molecule has 3 rings (SSSR count). The van der Waals surface area contributed by atoms with Crippen molar-refractivity contribution in [1.82, 2.24) is 15.8 Å². The number of carbonyl (C=O) groups excluding carboxylic acids is 4. The summed E-state index contributed by atoms with van der Waals surface area (Å²) in [5.74, 6) is -2.49. The van der Waals surface area contributed by atoms with E-state index in [1.54, 1.807) is 18.2 Å². The van der Waals surface area contributed by atoms with Gasteiger partial charge in [-0.2, -0.15) is 0 Å². The van der Waals surface area contributed by atoms with E-state index >= 15 is 0 Å². The summed E-state index contributed by atoms with van der Waals surface area (Å²) in [4.78, 5) is 49.7. The number of hydrogen-bond donors (Lipinski definition) is 2. The fourth-order valence-corrected chi connectivity index (χ4v) is 3.59. The van der Waals surface area contributed by atoms with Gasteiger partial charge in [-0.05, 0) is 24.6 Å². The number of ether oxygens (including phenoxy) is 3. The Kier molecular flexibility index (Phi) is 8.07. The monoisotopic (exact) mass is 469 g/mol. The first-order chi connectivity index (χ1) is 16.3. The Bertz CT molecular complexity index is 1040. The number of esters is 1. The van der Waals surface area contributed by atoms with Gasteiger partial charge in [0.15, 0.2) is 6.61 Å². The maximum Gasteiger partial charge on any atom is 0.311 e. The Morgan fingerprint density at radius 3 is 2.29 bits per heavy atom. The molecule has 1 saturated heterocycles. The molecule has 0 saturated carbocycles. The highest BCUT2D eigenvalue weighted by Crippen LogP contribution is 2.28. The summed E-state index contributed by atoms with van der Waals surface area (Å²) >= 11 is 0. The Balaban J connectivity index is 1.53. The number of benzene rings is 2. The maximum absolute atomic E-state index is 12.8. The van der Waals surface area contributed by atoms with Crippen molar-refractivity contribution < 1.29 is 33.4 Å². The molecule has 0 unspecified atom stereocenters. The summed E-state index contributed by atoms with van der Waals surface area (Å²) in [5.41, 5.74) is 3.53. The molecule has 2 aromatic carbocycles. The average Bonchev–Trinajstić information content (AvgIpc) is 3.22. The van der Waals surface area contributed by atoms with Crippen LogP contribution in [0, 0.1) is 5.92 Å². The number of amides is 3. The number of methoxy groups -OCH3 is 2. The SMILES string of the molecule is COc1cccc(OC)c1C(=O)NN1C[C@H](C(=O)OCC(=O)N[C@H](C)c2ccccc2)CC1=O. The van der Waals surface area contributed by atoms with Crippen LogP contribution in [0.2, 0.25) is 0 Å². The molecule has 0 spiro atoms. The molecule has 3 amide bonds. The lowest BCUT2D eigenvalue weighted by molar-refractivity contribution is -0.152. The van der Waals surface area contributed by atoms with E-state index in [0.29, 0.717) is 0 Å². The molecule has 34 heavy (non-hydrogen) atoms. The highest BCUT2D eigenvalue weighted by Gasteiger charge is 2.37. The summed E-state index contributed by atoms with van der Waals surface area (Å²) in [5, 5.41) is 3.80. The van der Waals surface area contributed by atoms with Crippen LogP contribution >= 0.6 is 0 Å². The van der Waals surface area contributed by atoms with E-state index < -0.39 is 36.2 Å². The second-order valence-electron chi connectivity index (χ2n) is 7.69. The van der Waals surface area contributed by atoms with Crippen LogP contribution in [0.25, 0.3) is 0 Å². The van der Waals surface area contributed by atoms with Gasteiger partial charge in [0.25, 0.3) is 11.8 Å². The van der Waals surface area contributed by atoms with E-state index in [4.69, 9.17) is 14.2 Å². The lowest BCUT2D eigenvalue weighted by atomic mass is 10.1. The summed E-state index contributed by atoms with van der Waals surface area (Å²) in [6.07, 6.45) is -0.149. The van der Waals surface area contributed by atoms with Crippen molar-refractivity contribution >= 4 is 23.7 Å². The van der Waals surface area contributed by atoms with Crippen LogP contribution in [-0.4, -0.2) is 56.1 Å². The molecule has 0 bridgehead atoms. The van der Waals surface area contributed by atoms with Crippen LogP contribution in [0.4, 0.5) is 0 Å². The molecule has 0 aromatic heterocycles. The standard InChI is InChI=1S/C24H27N3O7/c1-15(16-8-5-4-6-9-16)25-20(28)14-34-24(31)17-12-21(29)27(13-17)26-23(30)22-18(32-2)10-7-11-19(22)33-3/h4-11,15,17H,12-14H2,1-3H3,(H,25,28)(H,26,30)/t15-,17-/m1/s1. The van der Waals surface area contributed by atoms with Crippen LogP contribution in [0.15, 0.2) is 48.5 Å². The van der Waals surface area contributed by atoms with Crippen LogP contribution < -0.4 is 20.2 Å². The first-order valence-electron chi connectivity index (χ1n) is 10.7. The Hall–Kier alpha value is -4.08. The molecule has 2 aromatic rings. The molecule has 10 nitrogen and oxygen atoms in total. The molecular formula is C24H27N3O7. The largest absolute Gasteiger partial charge is 0.496 e. The van der Waals surface area contributed by atoms with Gasteiger partial charge in [0, 0.05) is 6.42 Å². The average molecular weight is 469 g/mol. The molecule has 0 radical (unpaired) electrons. The van der Waals surface area contributed by atoms with Gasteiger partial charge in [-0.15, -0.1) is 0 Å². The highest BCUT2D eigenvalue weighted by atomic mass is 16.5. The molecule has 1 aliphatic rings. The quantitative estimate of drug-likeness (QED) is 0.535. The molecule has 0 aliphatic carbocycles. The van der Waals surface area contributed by atoms with Crippen LogP contribution in [-0.2, 0) is 19.1 Å². The first-order valence-corrected chi connectivity index (χ1v) is 10.7. The lowest BCUT2D eigenvalue weighted by Crippen LogP contribution is -2.43. The Labute approximate surface area is 197 Å². The van der Waals surface area contributed by atoms with Crippen molar-refractivity contribution in [1.29, 1.82) is 0 Å². The maximum atomic E-state index is 12.8. The third kappa shape index (κ3) is 5.83. The smallest absolute Gasteiger partial charge is 0.311 e. The van der Waals surface area contributed by atoms with Crippen molar-refractivity contribution in [2.75, 3.05) is 27.4 Å². The third-order valence-electron chi connectivity index (χ3n) is 5.37. The van der Waals surface area contributed by atoms with Gasteiger partial charge in [-0.1, -0.05) is 36.4 Å². The molecule has 1 heterocycles. The van der Waals surface area contributed by atoms with E-state index in [0.717, 1.165) is 10.6 Å². The normalized spacial score (nSPS) is 15.9. The zero-order valence-electron chi connectivity index (χ0n) is 19.2. The Morgan fingerprint density at radius 1 is 1.03 bits per heavy atom. The number of rotatable bonds is 9. The first kappa shape index (κ1) is 24.6. The van der Waals surface area contributed by atoms with Gasteiger partial charge in [0.2, 0.25) is 5.91 Å². The zero-order chi connectivity index (χ0) is 24.7. The fourth-order valence-electron chi connectivity index (χ4n) is 3.59. The minimum Gasteiger partial charge on any atom is -0.496 e. The summed E-state index contributed by atoms with van der Waals surface area (Å²) in [6, 6.07) is 14.0. The van der Waals surface area contributed by atoms with Crippen LogP contribution in [0.3, 0.4) is 0 Å². The minimum atomic E-state index is -0.813. The number of carbonyl (C=O) groups is 4. The van der Waals surface area contributed by atoms with Crippen molar-refractivity contribution in [3.8, 4) is 11.5 Å². The number of nitrogens with one attached hydrogen (secondary N) is 2. The molecule has 2 atom stereocenters. The molecule has 1 aliphatic heterocycles. The van der Waals surface area contributed by atoms with Gasteiger partial charge in [0.05, 0.1) is 32.7 Å². The van der Waals surface area contributed by atoms with E-state index in [9.17, 15) is 19.2 Å². The summed E-state index contributed by atoms with van der Waals surface area (Å²) < 4.78 is 15.5. The van der Waals surface area contributed by atoms with E-state index in [1.165, 1.54) is 14.2 Å². The van der Waals surface area contributed by atoms with Crippen molar-refractivity contribution in [2.24, 2.45) is 5.92 Å². The second-order valence-corrected chi connectivity index (χ2v) is 7.69. The van der Waals surface area contributed by atoms with Crippen LogP contribution in [0.1, 0.15) is 35.3 Å². The lowest BCUT2D eigenvalue weighted by Gasteiger charge is -2.19. The van der Waals surface area contributed by atoms with Crippen molar-refractivity contribution in [3.63, 3.8) is 0 Å². The van der Waals surface area contributed by atoms with Gasteiger partial charge in [-0.3, -0.25) is 29.6 Å². The minimum absolute atomic E-state index is 0.0804.